The Balaban J connectivity index is 1.88. The summed E-state index contributed by atoms with van der Waals surface area (Å²) in [7, 11) is 3.04. The molecule has 0 aliphatic rings. The molecule has 0 bridgehead atoms. The number of anilines is 3. The fraction of sp³-hybridized carbons (Fsp3) is 0.292. The quantitative estimate of drug-likeness (QED) is 0.392. The summed E-state index contributed by atoms with van der Waals surface area (Å²) in [6, 6.07) is 16.6. The highest BCUT2D eigenvalue weighted by Crippen LogP contribution is 2.24. The summed E-state index contributed by atoms with van der Waals surface area (Å²) in [5, 5.41) is 2.83. The molecule has 0 aliphatic carbocycles. The number of benzene rings is 2. The molecule has 0 saturated carbocycles. The van der Waals surface area contributed by atoms with Crippen LogP contribution in [0, 0.1) is 0 Å². The van der Waals surface area contributed by atoms with E-state index in [4.69, 9.17) is 15.2 Å². The van der Waals surface area contributed by atoms with Crippen LogP contribution in [-0.2, 0) is 22.6 Å². The first-order valence-corrected chi connectivity index (χ1v) is 10.8. The molecular weight excluding hydrogens is 438 g/mol. The number of nitrogens with one attached hydrogen (secondary N) is 2. The summed E-state index contributed by atoms with van der Waals surface area (Å²) in [6.45, 7) is 0.929. The van der Waals surface area contributed by atoms with Gasteiger partial charge in [-0.1, -0.05) is 42.5 Å². The zero-order valence-electron chi connectivity index (χ0n) is 19.2. The number of ether oxygens (including phenoxy) is 2. The maximum atomic E-state index is 12.8. The highest BCUT2D eigenvalue weighted by molar-refractivity contribution is 5.92. The molecule has 3 rings (SSSR count). The first-order valence-electron chi connectivity index (χ1n) is 10.8. The third-order valence-corrected chi connectivity index (χ3v) is 5.26. The normalized spacial score (nSPS) is 10.6. The van der Waals surface area contributed by atoms with Gasteiger partial charge in [0, 0.05) is 26.6 Å². The van der Waals surface area contributed by atoms with Crippen molar-refractivity contribution in [3.05, 3.63) is 81.0 Å². The minimum Gasteiger partial charge on any atom is -0.495 e. The molecule has 10 heteroatoms. The Kier molecular flexibility index (Phi) is 8.47. The molecule has 0 radical (unpaired) electrons. The van der Waals surface area contributed by atoms with Gasteiger partial charge in [-0.2, -0.15) is 0 Å². The topological polar surface area (TPSA) is 132 Å². The highest BCUT2D eigenvalue weighted by atomic mass is 16.5. The van der Waals surface area contributed by atoms with Gasteiger partial charge >= 0.3 is 5.69 Å². The number of H-pyrrole nitrogens is 1. The minimum atomic E-state index is -0.614. The Bertz CT molecular complexity index is 1220. The van der Waals surface area contributed by atoms with Gasteiger partial charge in [0.2, 0.25) is 5.91 Å². The van der Waals surface area contributed by atoms with Crippen molar-refractivity contribution in [2.45, 2.75) is 19.5 Å². The first-order chi connectivity index (χ1) is 16.4. The molecule has 0 saturated heterocycles. The van der Waals surface area contributed by atoms with Crippen LogP contribution in [0.15, 0.2) is 64.2 Å². The monoisotopic (exact) mass is 467 g/mol. The van der Waals surface area contributed by atoms with Gasteiger partial charge in [0.1, 0.15) is 17.3 Å². The van der Waals surface area contributed by atoms with E-state index >= 15 is 0 Å². The van der Waals surface area contributed by atoms with Crippen LogP contribution in [0.2, 0.25) is 0 Å². The van der Waals surface area contributed by atoms with Crippen LogP contribution in [-0.4, -0.2) is 42.8 Å². The van der Waals surface area contributed by atoms with Gasteiger partial charge in [-0.25, -0.2) is 4.79 Å². The first kappa shape index (κ1) is 24.6. The second-order valence-corrected chi connectivity index (χ2v) is 7.54. The Morgan fingerprint density at radius 1 is 1.09 bits per heavy atom. The molecule has 4 N–H and O–H groups in total. The van der Waals surface area contributed by atoms with E-state index in [0.29, 0.717) is 18.0 Å². The number of carbonyl (C=O) groups excluding carboxylic acids is 1. The van der Waals surface area contributed by atoms with Gasteiger partial charge in [0.15, 0.2) is 0 Å². The van der Waals surface area contributed by atoms with Crippen LogP contribution >= 0.6 is 0 Å². The number of nitrogen functional groups attached to an aromatic ring is 1. The number of rotatable bonds is 11. The maximum Gasteiger partial charge on any atom is 0.330 e. The molecule has 3 aromatic rings. The second-order valence-electron chi connectivity index (χ2n) is 7.54. The van der Waals surface area contributed by atoms with Crippen molar-refractivity contribution < 1.29 is 14.3 Å². The van der Waals surface area contributed by atoms with Crippen LogP contribution in [0.3, 0.4) is 0 Å². The van der Waals surface area contributed by atoms with Crippen molar-refractivity contribution >= 4 is 23.1 Å². The maximum absolute atomic E-state index is 12.8. The average Bonchev–Trinajstić information content (AvgIpc) is 2.83. The van der Waals surface area contributed by atoms with Crippen LogP contribution in [0.4, 0.5) is 17.2 Å². The van der Waals surface area contributed by atoms with Crippen molar-refractivity contribution in [3.63, 3.8) is 0 Å². The smallest absolute Gasteiger partial charge is 0.330 e. The molecule has 0 unspecified atom stereocenters. The number of nitrogens with two attached hydrogens (primary N) is 1. The standard InChI is InChI=1S/C24H29N5O5/c1-33-15-14-29-22(25)21(23(31)27-24(29)32)28(16-17-8-4-3-5-9-17)13-12-20(30)26-18-10-6-7-11-19(18)34-2/h3-11H,12-16,25H2,1-2H3,(H,26,30)(H,27,31,32). The predicted molar refractivity (Wildman–Crippen MR) is 131 cm³/mol. The van der Waals surface area contributed by atoms with Crippen LogP contribution in [0.5, 0.6) is 5.75 Å². The summed E-state index contributed by atoms with van der Waals surface area (Å²) in [5.74, 6) is 0.306. The molecule has 1 amide bonds. The Morgan fingerprint density at radius 3 is 2.50 bits per heavy atom. The Labute approximate surface area is 196 Å². The van der Waals surface area contributed by atoms with Crippen molar-refractivity contribution in [2.24, 2.45) is 0 Å². The van der Waals surface area contributed by atoms with Gasteiger partial charge in [-0.3, -0.25) is 19.1 Å². The number of nitrogens with zero attached hydrogens (tertiary/aromatic N) is 2. The van der Waals surface area contributed by atoms with Gasteiger partial charge in [0.25, 0.3) is 5.56 Å². The van der Waals surface area contributed by atoms with Gasteiger partial charge in [-0.05, 0) is 17.7 Å². The molecule has 34 heavy (non-hydrogen) atoms. The largest absolute Gasteiger partial charge is 0.495 e. The van der Waals surface area contributed by atoms with E-state index in [1.165, 1.54) is 18.8 Å². The van der Waals surface area contributed by atoms with Crippen LogP contribution in [0.25, 0.3) is 0 Å². The lowest BCUT2D eigenvalue weighted by Crippen LogP contribution is -2.39. The van der Waals surface area contributed by atoms with Gasteiger partial charge in [0.05, 0.1) is 25.9 Å². The Hall–Kier alpha value is -4.05. The zero-order chi connectivity index (χ0) is 24.5. The predicted octanol–water partition coefficient (Wildman–Crippen LogP) is 1.81. The molecule has 2 aromatic carbocycles. The molecular formula is C24H29N5O5. The Morgan fingerprint density at radius 2 is 1.79 bits per heavy atom. The van der Waals surface area contributed by atoms with E-state index in [-0.39, 0.29) is 43.5 Å². The fourth-order valence-corrected chi connectivity index (χ4v) is 3.56. The zero-order valence-corrected chi connectivity index (χ0v) is 19.2. The van der Waals surface area contributed by atoms with E-state index in [9.17, 15) is 14.4 Å². The lowest BCUT2D eigenvalue weighted by molar-refractivity contribution is -0.116. The summed E-state index contributed by atoms with van der Waals surface area (Å²) >= 11 is 0. The highest BCUT2D eigenvalue weighted by Gasteiger charge is 2.20. The van der Waals surface area contributed by atoms with Crippen molar-refractivity contribution in [2.75, 3.05) is 43.3 Å². The molecule has 0 spiro atoms. The average molecular weight is 468 g/mol. The van der Waals surface area contributed by atoms with E-state index in [1.54, 1.807) is 23.1 Å². The summed E-state index contributed by atoms with van der Waals surface area (Å²) in [4.78, 5) is 41.9. The number of amides is 1. The van der Waals surface area contributed by atoms with Gasteiger partial charge in [-0.15, -0.1) is 0 Å². The van der Waals surface area contributed by atoms with E-state index in [1.807, 2.05) is 36.4 Å². The van der Waals surface area contributed by atoms with Crippen LogP contribution < -0.4 is 31.9 Å². The molecule has 180 valence electrons. The summed E-state index contributed by atoms with van der Waals surface area (Å²) in [6.07, 6.45) is 0.0704. The number of carbonyl (C=O) groups is 1. The summed E-state index contributed by atoms with van der Waals surface area (Å²) < 4.78 is 11.6. The van der Waals surface area contributed by atoms with Crippen molar-refractivity contribution in [1.29, 1.82) is 0 Å². The summed E-state index contributed by atoms with van der Waals surface area (Å²) in [5.41, 5.74) is 6.65. The van der Waals surface area contributed by atoms with Crippen LogP contribution in [0.1, 0.15) is 12.0 Å². The number of methoxy groups -OCH3 is 2. The number of hydrogen-bond donors (Lipinski definition) is 3. The number of hydrogen-bond acceptors (Lipinski definition) is 7. The molecule has 10 nitrogen and oxygen atoms in total. The minimum absolute atomic E-state index is 0.0202. The van der Waals surface area contributed by atoms with E-state index in [0.717, 1.165) is 5.56 Å². The molecule has 0 aliphatic heterocycles. The van der Waals surface area contributed by atoms with E-state index < -0.39 is 11.2 Å². The molecule has 1 aromatic heterocycles. The number of aromatic amines is 1. The third kappa shape index (κ3) is 6.04. The lowest BCUT2D eigenvalue weighted by Gasteiger charge is -2.26. The third-order valence-electron chi connectivity index (χ3n) is 5.26. The molecule has 1 heterocycles. The van der Waals surface area contributed by atoms with E-state index in [2.05, 4.69) is 10.3 Å². The number of aromatic nitrogens is 2. The van der Waals surface area contributed by atoms with Crippen molar-refractivity contribution in [1.82, 2.24) is 9.55 Å². The molecule has 0 fully saturated rings. The number of para-hydroxylation sites is 2. The van der Waals surface area contributed by atoms with Crippen molar-refractivity contribution in [3.8, 4) is 5.75 Å². The van der Waals surface area contributed by atoms with Gasteiger partial charge < -0.3 is 25.4 Å². The second kappa shape index (κ2) is 11.7. The fourth-order valence-electron chi connectivity index (χ4n) is 3.56. The SMILES string of the molecule is COCCn1c(N)c(N(CCC(=O)Nc2ccccc2OC)Cc2ccccc2)c(=O)[nH]c1=O. The molecule has 0 atom stereocenters. The lowest BCUT2D eigenvalue weighted by atomic mass is 10.2.